The zero-order valence-electron chi connectivity index (χ0n) is 19.2. The molecule has 0 bridgehead atoms. The molecule has 2 atom stereocenters. The molecule has 1 amide bonds. The number of nitrogens with zero attached hydrogens (tertiary/aromatic N) is 2. The molecule has 9 nitrogen and oxygen atoms in total. The van der Waals surface area contributed by atoms with Crippen molar-refractivity contribution < 1.29 is 23.8 Å². The summed E-state index contributed by atoms with van der Waals surface area (Å²) in [6.45, 7) is 0.397. The van der Waals surface area contributed by atoms with E-state index in [4.69, 9.17) is 4.74 Å². The molecule has 4 rings (SSSR count). The van der Waals surface area contributed by atoms with Gasteiger partial charge in [-0.05, 0) is 17.7 Å². The van der Waals surface area contributed by atoms with Gasteiger partial charge in [-0.25, -0.2) is 9.37 Å². The Bertz CT molecular complexity index is 1300. The molecule has 10 heteroatoms. The molecule has 1 aliphatic rings. The van der Waals surface area contributed by atoms with Crippen LogP contribution in [0.4, 0.5) is 4.39 Å². The van der Waals surface area contributed by atoms with Gasteiger partial charge in [0.05, 0.1) is 6.10 Å². The second-order valence-electron chi connectivity index (χ2n) is 8.44. The Labute approximate surface area is 200 Å². The number of H-pyrrole nitrogens is 1. The number of aromatic hydroxyl groups is 1. The molecule has 0 unspecified atom stereocenters. The molecule has 35 heavy (non-hydrogen) atoms. The van der Waals surface area contributed by atoms with Crippen LogP contribution in [0.5, 0.6) is 5.75 Å². The fourth-order valence-corrected chi connectivity index (χ4v) is 4.17. The van der Waals surface area contributed by atoms with Gasteiger partial charge in [0.2, 0.25) is 5.75 Å². The Morgan fingerprint density at radius 3 is 2.51 bits per heavy atom. The second kappa shape index (κ2) is 9.77. The monoisotopic (exact) mass is 480 g/mol. The topological polar surface area (TPSA) is 125 Å². The number of aromatic nitrogens is 2. The molecular formula is C25H25FN4O5. The van der Waals surface area contributed by atoms with Gasteiger partial charge in [-0.3, -0.25) is 19.7 Å². The molecule has 0 aliphatic carbocycles. The van der Waals surface area contributed by atoms with Crippen LogP contribution >= 0.6 is 0 Å². The molecule has 1 saturated heterocycles. The van der Waals surface area contributed by atoms with Crippen LogP contribution in [-0.4, -0.2) is 58.5 Å². The summed E-state index contributed by atoms with van der Waals surface area (Å²) in [4.78, 5) is 47.5. The molecule has 2 heterocycles. The lowest BCUT2D eigenvalue weighted by Crippen LogP contribution is -2.47. The summed E-state index contributed by atoms with van der Waals surface area (Å²) in [5.74, 6) is -2.44. The highest BCUT2D eigenvalue weighted by Gasteiger charge is 2.49. The van der Waals surface area contributed by atoms with E-state index in [9.17, 15) is 23.9 Å². The molecule has 1 fully saturated rings. The minimum Gasteiger partial charge on any atom is -0.501 e. The molecule has 182 valence electrons. The smallest absolute Gasteiger partial charge is 0.294 e. The molecule has 3 aromatic rings. The first-order chi connectivity index (χ1) is 16.7. The van der Waals surface area contributed by atoms with Gasteiger partial charge in [0.15, 0.2) is 11.5 Å². The largest absolute Gasteiger partial charge is 0.501 e. The van der Waals surface area contributed by atoms with Gasteiger partial charge in [0.25, 0.3) is 11.5 Å². The van der Waals surface area contributed by atoms with E-state index in [0.717, 1.165) is 0 Å². The van der Waals surface area contributed by atoms with Crippen LogP contribution in [-0.2, 0) is 16.8 Å². The molecule has 0 saturated carbocycles. The van der Waals surface area contributed by atoms with Crippen molar-refractivity contribution in [2.45, 2.75) is 24.6 Å². The van der Waals surface area contributed by atoms with Gasteiger partial charge in [0, 0.05) is 39.2 Å². The number of amides is 1. The number of methoxy groups -OCH3 is 1. The number of hydrogen-bond acceptors (Lipinski definition) is 7. The van der Waals surface area contributed by atoms with E-state index < -0.39 is 34.3 Å². The summed E-state index contributed by atoms with van der Waals surface area (Å²) in [6, 6.07) is 14.1. The van der Waals surface area contributed by atoms with Crippen molar-refractivity contribution >= 4 is 11.7 Å². The summed E-state index contributed by atoms with van der Waals surface area (Å²) < 4.78 is 18.6. The summed E-state index contributed by atoms with van der Waals surface area (Å²) in [5, 5.41) is 13.5. The van der Waals surface area contributed by atoms with E-state index in [1.807, 2.05) is 0 Å². The third-order valence-electron chi connectivity index (χ3n) is 6.10. The number of carbonyl (C=O) groups is 2. The fourth-order valence-electron chi connectivity index (χ4n) is 4.17. The van der Waals surface area contributed by atoms with Crippen molar-refractivity contribution in [1.82, 2.24) is 20.2 Å². The lowest BCUT2D eigenvalue weighted by Gasteiger charge is -2.28. The number of rotatable bonds is 7. The molecule has 1 aliphatic heterocycles. The highest BCUT2D eigenvalue weighted by Crippen LogP contribution is 2.34. The Morgan fingerprint density at radius 2 is 1.89 bits per heavy atom. The maximum Gasteiger partial charge on any atom is 0.294 e. The maximum absolute atomic E-state index is 13.6. The first-order valence-corrected chi connectivity index (χ1v) is 11.0. The zero-order chi connectivity index (χ0) is 25.2. The number of ketones is 1. The van der Waals surface area contributed by atoms with Crippen molar-refractivity contribution in [3.8, 4) is 5.75 Å². The van der Waals surface area contributed by atoms with E-state index in [2.05, 4.69) is 15.3 Å². The standard InChI is InChI=1S/C25H25FN4O5/c1-30(14-15-8-10-17(26)11-9-15)23(34)19-20(31)22(33)29-24(28-19)25(12-18(35-2)13-27-25)21(32)16-6-4-3-5-7-16/h3-11,18,27,31H,12-14H2,1-2H3,(H,28,29,33)/t18-,25+/m1/s1. The molecule has 3 N–H and O–H groups in total. The van der Waals surface area contributed by atoms with Crippen LogP contribution in [0.3, 0.4) is 0 Å². The van der Waals surface area contributed by atoms with Crippen LogP contribution in [0.25, 0.3) is 0 Å². The van der Waals surface area contributed by atoms with Crippen molar-refractivity contribution in [3.63, 3.8) is 0 Å². The van der Waals surface area contributed by atoms with Gasteiger partial charge in [0.1, 0.15) is 17.2 Å². The first-order valence-electron chi connectivity index (χ1n) is 11.0. The van der Waals surface area contributed by atoms with E-state index in [1.54, 1.807) is 30.3 Å². The van der Waals surface area contributed by atoms with Gasteiger partial charge in [-0.15, -0.1) is 0 Å². The highest BCUT2D eigenvalue weighted by molar-refractivity contribution is 6.04. The van der Waals surface area contributed by atoms with Crippen molar-refractivity contribution in [2.75, 3.05) is 20.7 Å². The number of nitrogens with one attached hydrogen (secondary N) is 2. The lowest BCUT2D eigenvalue weighted by atomic mass is 9.86. The number of halogens is 1. The Hall–Kier alpha value is -3.89. The zero-order valence-corrected chi connectivity index (χ0v) is 19.2. The van der Waals surface area contributed by atoms with Crippen LogP contribution in [0.1, 0.15) is 38.7 Å². The Morgan fingerprint density at radius 1 is 1.20 bits per heavy atom. The Kier molecular flexibility index (Phi) is 6.77. The molecule has 1 aromatic heterocycles. The van der Waals surface area contributed by atoms with E-state index in [0.29, 0.717) is 17.7 Å². The van der Waals surface area contributed by atoms with Gasteiger partial charge < -0.3 is 19.7 Å². The first kappa shape index (κ1) is 24.2. The highest BCUT2D eigenvalue weighted by atomic mass is 19.1. The van der Waals surface area contributed by atoms with Crippen molar-refractivity contribution in [3.05, 3.63) is 93.4 Å². The van der Waals surface area contributed by atoms with Crippen LogP contribution in [0.2, 0.25) is 0 Å². The minimum absolute atomic E-state index is 0.0838. The van der Waals surface area contributed by atoms with Gasteiger partial charge in [-0.2, -0.15) is 0 Å². The van der Waals surface area contributed by atoms with Gasteiger partial charge >= 0.3 is 0 Å². The third kappa shape index (κ3) is 4.71. The second-order valence-corrected chi connectivity index (χ2v) is 8.44. The van der Waals surface area contributed by atoms with E-state index >= 15 is 0 Å². The fraction of sp³-hybridized carbons (Fsp3) is 0.280. The third-order valence-corrected chi connectivity index (χ3v) is 6.10. The quantitative estimate of drug-likeness (QED) is 0.442. The number of aromatic amines is 1. The minimum atomic E-state index is -1.47. The summed E-state index contributed by atoms with van der Waals surface area (Å²) >= 11 is 0. The summed E-state index contributed by atoms with van der Waals surface area (Å²) in [6.07, 6.45) is -0.189. The van der Waals surface area contributed by atoms with Crippen molar-refractivity contribution in [2.24, 2.45) is 0 Å². The van der Waals surface area contributed by atoms with E-state index in [-0.39, 0.29) is 30.7 Å². The average Bonchev–Trinajstić information content (AvgIpc) is 3.32. The normalized spacial score (nSPS) is 19.5. The maximum atomic E-state index is 13.6. The van der Waals surface area contributed by atoms with E-state index in [1.165, 1.54) is 43.3 Å². The molecule has 2 aromatic carbocycles. The lowest BCUT2D eigenvalue weighted by molar-refractivity contribution is 0.0762. The number of hydrogen-bond donors (Lipinski definition) is 3. The number of carbonyl (C=O) groups excluding carboxylic acids is 2. The molecule has 0 spiro atoms. The summed E-state index contributed by atoms with van der Waals surface area (Å²) in [5.41, 5.74) is -1.89. The van der Waals surface area contributed by atoms with Gasteiger partial charge in [-0.1, -0.05) is 42.5 Å². The number of Topliss-reactive ketones (excluding diaryl/α,β-unsaturated/α-hetero) is 1. The summed E-state index contributed by atoms with van der Waals surface area (Å²) in [7, 11) is 2.98. The Balaban J connectivity index is 1.74. The number of ether oxygens (including phenoxy) is 1. The van der Waals surface area contributed by atoms with Crippen LogP contribution < -0.4 is 10.9 Å². The van der Waals surface area contributed by atoms with Crippen LogP contribution in [0, 0.1) is 5.82 Å². The average molecular weight is 480 g/mol. The molecule has 0 radical (unpaired) electrons. The SMILES string of the molecule is CO[C@H]1CN[C@@](C(=O)c2ccccc2)(c2nc(C(=O)N(C)Cc3ccc(F)cc3)c(O)c(=O)[nH]2)C1. The number of benzene rings is 2. The predicted octanol–water partition coefficient (Wildman–Crippen LogP) is 1.97. The molecular weight excluding hydrogens is 455 g/mol. The predicted molar refractivity (Wildman–Crippen MR) is 125 cm³/mol. The van der Waals surface area contributed by atoms with Crippen LogP contribution in [0.15, 0.2) is 59.4 Å². The van der Waals surface area contributed by atoms with Crippen molar-refractivity contribution in [1.29, 1.82) is 0 Å².